The summed E-state index contributed by atoms with van der Waals surface area (Å²) in [5, 5.41) is 7.85. The predicted octanol–water partition coefficient (Wildman–Crippen LogP) is 3.94. The lowest BCUT2D eigenvalue weighted by atomic mass is 10.0. The van der Waals surface area contributed by atoms with Crippen molar-refractivity contribution in [3.05, 3.63) is 94.3 Å². The van der Waals surface area contributed by atoms with Crippen molar-refractivity contribution >= 4 is 20.8 Å². The van der Waals surface area contributed by atoms with Gasteiger partial charge in [-0.1, -0.05) is 60.7 Å². The number of nitrogens with zero attached hydrogens (tertiary/aromatic N) is 1. The van der Waals surface area contributed by atoms with E-state index < -0.39 is 10.0 Å². The first kappa shape index (κ1) is 20.0. The van der Waals surface area contributed by atoms with Gasteiger partial charge >= 0.3 is 0 Å². The minimum absolute atomic E-state index is 0.180. The van der Waals surface area contributed by atoms with Crippen molar-refractivity contribution in [1.82, 2.24) is 14.9 Å². The van der Waals surface area contributed by atoms with E-state index in [0.717, 1.165) is 5.56 Å². The molecule has 1 atom stereocenters. The van der Waals surface area contributed by atoms with Gasteiger partial charge < -0.3 is 0 Å². The lowest BCUT2D eigenvalue weighted by Gasteiger charge is -2.16. The number of nitrogens with one attached hydrogen (secondary N) is 2. The molecule has 1 heterocycles. The number of hydrogen-bond acceptors (Lipinski definition) is 4. The molecule has 4 aromatic rings. The molecule has 1 aromatic heterocycles. The van der Waals surface area contributed by atoms with Crippen LogP contribution in [0.5, 0.6) is 0 Å². The molecule has 0 spiro atoms. The van der Waals surface area contributed by atoms with Crippen LogP contribution in [-0.4, -0.2) is 18.6 Å². The van der Waals surface area contributed by atoms with E-state index in [1.54, 1.807) is 37.3 Å². The zero-order valence-corrected chi connectivity index (χ0v) is 17.4. The number of fused-ring (bicyclic) bond motifs is 1. The molecule has 0 bridgehead atoms. The zero-order valence-electron chi connectivity index (χ0n) is 16.6. The number of hydrogen-bond donors (Lipinski definition) is 2. The Morgan fingerprint density at radius 1 is 0.933 bits per heavy atom. The van der Waals surface area contributed by atoms with Crippen molar-refractivity contribution in [2.24, 2.45) is 0 Å². The molecule has 0 saturated carbocycles. The third kappa shape index (κ3) is 3.77. The van der Waals surface area contributed by atoms with E-state index in [1.165, 1.54) is 0 Å². The summed E-state index contributed by atoms with van der Waals surface area (Å²) in [5.74, 6) is 0. The van der Waals surface area contributed by atoms with Crippen LogP contribution in [0.2, 0.25) is 0 Å². The first-order valence-electron chi connectivity index (χ1n) is 9.52. The highest BCUT2D eigenvalue weighted by molar-refractivity contribution is 7.89. The second-order valence-electron chi connectivity index (χ2n) is 7.18. The molecular weight excluding hydrogens is 398 g/mol. The Hall–Kier alpha value is -3.29. The Bertz CT molecular complexity index is 1380. The molecule has 1 unspecified atom stereocenters. The highest BCUT2D eigenvalue weighted by atomic mass is 32.2. The number of H-pyrrole nitrogens is 1. The fourth-order valence-electron chi connectivity index (χ4n) is 3.48. The summed E-state index contributed by atoms with van der Waals surface area (Å²) >= 11 is 0. The highest BCUT2D eigenvalue weighted by Crippen LogP contribution is 2.28. The topological polar surface area (TPSA) is 91.9 Å². The maximum atomic E-state index is 13.1. The third-order valence-electron chi connectivity index (χ3n) is 5.08. The summed E-state index contributed by atoms with van der Waals surface area (Å²) < 4.78 is 29.0. The van der Waals surface area contributed by atoms with E-state index in [2.05, 4.69) is 14.9 Å². The molecule has 2 N–H and O–H groups in total. The first-order valence-corrected chi connectivity index (χ1v) is 11.0. The van der Waals surface area contributed by atoms with Crippen molar-refractivity contribution in [3.63, 3.8) is 0 Å². The lowest BCUT2D eigenvalue weighted by Crippen LogP contribution is -2.27. The number of aryl methyl sites for hydroxylation is 1. The molecule has 3 aromatic carbocycles. The normalized spacial score (nSPS) is 12.7. The third-order valence-corrected chi connectivity index (χ3v) is 6.76. The largest absolute Gasteiger partial charge is 0.272 e. The van der Waals surface area contributed by atoms with E-state index in [1.807, 2.05) is 49.4 Å². The van der Waals surface area contributed by atoms with E-state index in [9.17, 15) is 13.2 Å². The maximum Gasteiger partial charge on any atom is 0.272 e. The van der Waals surface area contributed by atoms with Gasteiger partial charge in [-0.15, -0.1) is 0 Å². The van der Waals surface area contributed by atoms with Gasteiger partial charge in [0.25, 0.3) is 5.56 Å². The van der Waals surface area contributed by atoms with E-state index in [-0.39, 0.29) is 16.5 Å². The quantitative estimate of drug-likeness (QED) is 0.513. The van der Waals surface area contributed by atoms with Gasteiger partial charge in [0, 0.05) is 17.0 Å². The maximum absolute atomic E-state index is 13.1. The van der Waals surface area contributed by atoms with Crippen LogP contribution in [0.15, 0.2) is 82.5 Å². The molecule has 4 rings (SSSR count). The Kier molecular flexibility index (Phi) is 5.24. The Balaban J connectivity index is 1.78. The van der Waals surface area contributed by atoms with Gasteiger partial charge in [0.05, 0.1) is 16.0 Å². The standard InChI is InChI=1S/C23H21N3O3S/c1-15-12-13-18(22-19-10-6-7-11-20(19)23(27)25-24-22)14-21(15)30(28,29)26-16(2)17-8-4-3-5-9-17/h3-14,16,26H,1-2H3,(H,25,27). The van der Waals surface area contributed by atoms with Gasteiger partial charge in [0.1, 0.15) is 0 Å². The number of aromatic nitrogens is 2. The van der Waals surface area contributed by atoms with Crippen LogP contribution < -0.4 is 10.3 Å². The van der Waals surface area contributed by atoms with Gasteiger partial charge in [0.2, 0.25) is 10.0 Å². The SMILES string of the molecule is Cc1ccc(-c2n[nH]c(=O)c3ccccc23)cc1S(=O)(=O)NC(C)c1ccccc1. The average Bonchev–Trinajstić information content (AvgIpc) is 2.75. The van der Waals surface area contributed by atoms with Gasteiger partial charge in [-0.05, 0) is 37.1 Å². The van der Waals surface area contributed by atoms with Crippen molar-refractivity contribution in [2.75, 3.05) is 0 Å². The van der Waals surface area contributed by atoms with Gasteiger partial charge in [-0.2, -0.15) is 5.10 Å². The van der Waals surface area contributed by atoms with Crippen molar-refractivity contribution in [1.29, 1.82) is 0 Å². The van der Waals surface area contributed by atoms with Gasteiger partial charge in [-0.3, -0.25) is 4.79 Å². The minimum Gasteiger partial charge on any atom is -0.267 e. The molecule has 0 fully saturated rings. The molecule has 0 aliphatic carbocycles. The average molecular weight is 420 g/mol. The zero-order chi connectivity index (χ0) is 21.3. The molecule has 0 saturated heterocycles. The molecule has 0 aliphatic heterocycles. The van der Waals surface area contributed by atoms with Crippen molar-refractivity contribution in [2.45, 2.75) is 24.8 Å². The van der Waals surface area contributed by atoms with Crippen LogP contribution in [0.25, 0.3) is 22.0 Å². The molecule has 0 aliphatic rings. The lowest BCUT2D eigenvalue weighted by molar-refractivity contribution is 0.566. The molecule has 0 amide bonds. The Labute approximate surface area is 174 Å². The monoisotopic (exact) mass is 419 g/mol. The minimum atomic E-state index is -3.78. The van der Waals surface area contributed by atoms with Gasteiger partial charge in [0.15, 0.2) is 0 Å². The fraction of sp³-hybridized carbons (Fsp3) is 0.130. The number of rotatable bonds is 5. The summed E-state index contributed by atoms with van der Waals surface area (Å²) in [6.45, 7) is 3.56. The van der Waals surface area contributed by atoms with Crippen molar-refractivity contribution < 1.29 is 8.42 Å². The summed E-state index contributed by atoms with van der Waals surface area (Å²) in [6, 6.07) is 21.3. The van der Waals surface area contributed by atoms with Crippen molar-refractivity contribution in [3.8, 4) is 11.3 Å². The summed E-state index contributed by atoms with van der Waals surface area (Å²) in [6.07, 6.45) is 0. The van der Waals surface area contributed by atoms with Crippen LogP contribution in [0.4, 0.5) is 0 Å². The van der Waals surface area contributed by atoms with Crippen LogP contribution in [0.3, 0.4) is 0 Å². The Morgan fingerprint density at radius 3 is 2.33 bits per heavy atom. The summed E-state index contributed by atoms with van der Waals surface area (Å²) in [4.78, 5) is 12.3. The fourth-order valence-corrected chi connectivity index (χ4v) is 4.98. The molecule has 30 heavy (non-hydrogen) atoms. The Morgan fingerprint density at radius 2 is 1.60 bits per heavy atom. The number of sulfonamides is 1. The van der Waals surface area contributed by atoms with Crippen LogP contribution >= 0.6 is 0 Å². The van der Waals surface area contributed by atoms with E-state index in [0.29, 0.717) is 27.6 Å². The smallest absolute Gasteiger partial charge is 0.267 e. The van der Waals surface area contributed by atoms with Crippen LogP contribution in [0.1, 0.15) is 24.1 Å². The second-order valence-corrected chi connectivity index (χ2v) is 8.86. The first-order chi connectivity index (χ1) is 14.4. The van der Waals surface area contributed by atoms with Crippen LogP contribution in [0, 0.1) is 6.92 Å². The summed E-state index contributed by atoms with van der Waals surface area (Å²) in [5.41, 5.74) is 2.36. The van der Waals surface area contributed by atoms with Crippen LogP contribution in [-0.2, 0) is 10.0 Å². The number of aromatic amines is 1. The van der Waals surface area contributed by atoms with Gasteiger partial charge in [-0.25, -0.2) is 18.2 Å². The van der Waals surface area contributed by atoms with E-state index >= 15 is 0 Å². The summed E-state index contributed by atoms with van der Waals surface area (Å²) in [7, 11) is -3.78. The molecule has 6 nitrogen and oxygen atoms in total. The number of benzene rings is 3. The molecule has 152 valence electrons. The molecule has 0 radical (unpaired) electrons. The van der Waals surface area contributed by atoms with E-state index in [4.69, 9.17) is 0 Å². The highest BCUT2D eigenvalue weighted by Gasteiger charge is 2.22. The second kappa shape index (κ2) is 7.85. The predicted molar refractivity (Wildman–Crippen MR) is 118 cm³/mol. The molecular formula is C23H21N3O3S. The molecule has 7 heteroatoms.